The van der Waals surface area contributed by atoms with E-state index in [0.717, 1.165) is 117 Å². The van der Waals surface area contributed by atoms with E-state index in [0.29, 0.717) is 0 Å². The molecule has 276 valence electrons. The summed E-state index contributed by atoms with van der Waals surface area (Å²) in [7, 11) is 0. The number of hydrogen-bond acceptors (Lipinski definition) is 3. The van der Waals surface area contributed by atoms with Gasteiger partial charge in [0.25, 0.3) is 0 Å². The van der Waals surface area contributed by atoms with E-state index in [9.17, 15) is 8.78 Å². The van der Waals surface area contributed by atoms with E-state index in [-0.39, 0.29) is 11.6 Å². The number of hydrogen-bond donors (Lipinski definition) is 0. The van der Waals surface area contributed by atoms with Gasteiger partial charge in [-0.25, -0.2) is 13.8 Å². The fourth-order valence-electron chi connectivity index (χ4n) is 8.63. The number of benzene rings is 6. The maximum absolute atomic E-state index is 14.5. The molecule has 0 saturated carbocycles. The molecule has 5 heteroatoms. The lowest BCUT2D eigenvalue weighted by Crippen LogP contribution is -2.03. The lowest BCUT2D eigenvalue weighted by molar-refractivity contribution is 0.627. The summed E-state index contributed by atoms with van der Waals surface area (Å²) in [5.41, 5.74) is 17.2. The third-order valence-corrected chi connectivity index (χ3v) is 11.3. The zero-order valence-corrected chi connectivity index (χ0v) is 31.9. The molecule has 0 saturated heterocycles. The van der Waals surface area contributed by atoms with Crippen LogP contribution < -0.4 is 0 Å². The molecule has 6 aromatic carbocycles. The smallest absolute Gasteiger partial charge is 0.123 e. The van der Waals surface area contributed by atoms with E-state index < -0.39 is 0 Å². The first-order valence-corrected chi connectivity index (χ1v) is 19.2. The second kappa shape index (κ2) is 14.0. The maximum atomic E-state index is 14.5. The Labute approximate surface area is 335 Å². The highest BCUT2D eigenvalue weighted by atomic mass is 19.1. The first-order chi connectivity index (χ1) is 28.3. The van der Waals surface area contributed by atoms with E-state index in [1.54, 1.807) is 12.1 Å². The molecule has 0 fully saturated rings. The van der Waals surface area contributed by atoms with Crippen molar-refractivity contribution in [1.29, 1.82) is 0 Å². The van der Waals surface area contributed by atoms with E-state index in [1.807, 2.05) is 79.1 Å². The molecule has 1 aliphatic rings. The van der Waals surface area contributed by atoms with Crippen molar-refractivity contribution < 1.29 is 8.78 Å². The van der Waals surface area contributed by atoms with Crippen molar-refractivity contribution in [2.45, 2.75) is 13.8 Å². The quantitative estimate of drug-likeness (QED) is 0.164. The van der Waals surface area contributed by atoms with Crippen LogP contribution in [-0.4, -0.2) is 15.0 Å². The Balaban J connectivity index is 1.28. The molecule has 3 aromatic heterocycles. The monoisotopic (exact) mass is 751 g/mol. The molecule has 0 spiro atoms. The van der Waals surface area contributed by atoms with Crippen molar-refractivity contribution in [3.63, 3.8) is 0 Å². The van der Waals surface area contributed by atoms with E-state index in [2.05, 4.69) is 72.4 Å². The average Bonchev–Trinajstić information content (AvgIpc) is 3.40. The molecule has 0 bridgehead atoms. The van der Waals surface area contributed by atoms with Gasteiger partial charge in [-0.15, -0.1) is 0 Å². The second-order valence-electron chi connectivity index (χ2n) is 14.8. The highest BCUT2D eigenvalue weighted by Crippen LogP contribution is 2.50. The van der Waals surface area contributed by atoms with Crippen molar-refractivity contribution in [2.75, 3.05) is 0 Å². The molecule has 1 aliphatic carbocycles. The standard InChI is InChI=1S/C53H35F2N3/c1-31-26-45(34-14-19-40(54)20-15-34)51-32(2)50-43-10-4-5-13-48(43)58-53(35-16-21-41(55)22-17-35)52(50)33(3)49(51)42-23-18-36(30-44(31)42)37-27-38(46-11-6-8-24-56-46)29-39(28-37)47-12-7-9-25-57-47/h4-30H,1H2,2-3H3. The van der Waals surface area contributed by atoms with Crippen LogP contribution in [0.1, 0.15) is 27.8 Å². The van der Waals surface area contributed by atoms with Crippen molar-refractivity contribution in [1.82, 2.24) is 15.0 Å². The number of aromatic nitrogens is 3. The molecule has 0 radical (unpaired) electrons. The zero-order valence-electron chi connectivity index (χ0n) is 31.9. The van der Waals surface area contributed by atoms with Crippen LogP contribution in [-0.2, 0) is 0 Å². The number of fused-ring (bicyclic) bond motifs is 6. The third-order valence-electron chi connectivity index (χ3n) is 11.3. The number of nitrogens with zero attached hydrogens (tertiary/aromatic N) is 3. The summed E-state index contributed by atoms with van der Waals surface area (Å²) in [6.45, 7) is 9.02. The Hall–Kier alpha value is -7.37. The molecular formula is C53H35F2N3. The summed E-state index contributed by atoms with van der Waals surface area (Å²) in [5.74, 6) is -0.596. The van der Waals surface area contributed by atoms with Crippen molar-refractivity contribution in [3.8, 4) is 56.0 Å². The summed E-state index contributed by atoms with van der Waals surface area (Å²) in [6.07, 6.45) is 5.77. The molecule has 0 atom stereocenters. The predicted molar refractivity (Wildman–Crippen MR) is 234 cm³/mol. The Kier molecular flexibility index (Phi) is 8.45. The summed E-state index contributed by atoms with van der Waals surface area (Å²) in [4.78, 5) is 14.6. The summed E-state index contributed by atoms with van der Waals surface area (Å²) >= 11 is 0. The minimum absolute atomic E-state index is 0.296. The van der Waals surface area contributed by atoms with Crippen molar-refractivity contribution in [2.24, 2.45) is 0 Å². The fraction of sp³-hybridized carbons (Fsp3) is 0.0377. The third kappa shape index (κ3) is 5.91. The normalized spacial score (nSPS) is 12.3. The Morgan fingerprint density at radius 3 is 1.69 bits per heavy atom. The van der Waals surface area contributed by atoms with Crippen LogP contribution in [0.15, 0.2) is 171 Å². The van der Waals surface area contributed by atoms with Gasteiger partial charge in [0, 0.05) is 39.9 Å². The van der Waals surface area contributed by atoms with Crippen LogP contribution in [0, 0.1) is 25.5 Å². The zero-order chi connectivity index (χ0) is 39.5. The van der Waals surface area contributed by atoms with Crippen molar-refractivity contribution >= 4 is 32.8 Å². The summed E-state index contributed by atoms with van der Waals surface area (Å²) in [5, 5.41) is 3.11. The van der Waals surface area contributed by atoms with E-state index in [1.165, 1.54) is 24.3 Å². The highest BCUT2D eigenvalue weighted by Gasteiger charge is 2.28. The van der Waals surface area contributed by atoms with Crippen LogP contribution in [0.5, 0.6) is 0 Å². The number of halogens is 2. The van der Waals surface area contributed by atoms with Gasteiger partial charge in [-0.05, 0) is 178 Å². The van der Waals surface area contributed by atoms with Crippen LogP contribution in [0.25, 0.3) is 88.8 Å². The number of allylic oxidation sites excluding steroid dienone is 2. The molecular weight excluding hydrogens is 717 g/mol. The SMILES string of the molecule is C=C1C=C(c2ccc(F)cc2)c2c(c(C)c3c(-c4ccc(F)cc4)nc4ccccc4c3c2C)-c2ccc(-c3cc(-c4ccccn4)cc(-c4ccccn4)c3)cc21. The number of rotatable bonds is 5. The van der Waals surface area contributed by atoms with Gasteiger partial charge in [0.2, 0.25) is 0 Å². The second-order valence-corrected chi connectivity index (χ2v) is 14.8. The van der Waals surface area contributed by atoms with Crippen molar-refractivity contribution in [3.05, 3.63) is 210 Å². The molecule has 3 heterocycles. The molecule has 0 amide bonds. The van der Waals surface area contributed by atoms with Crippen LogP contribution in [0.4, 0.5) is 8.78 Å². The van der Waals surface area contributed by atoms with Crippen LogP contribution >= 0.6 is 0 Å². The molecule has 10 rings (SSSR count). The molecule has 3 nitrogen and oxygen atoms in total. The molecule has 0 aliphatic heterocycles. The van der Waals surface area contributed by atoms with Gasteiger partial charge >= 0.3 is 0 Å². The first-order valence-electron chi connectivity index (χ1n) is 19.2. The van der Waals surface area contributed by atoms with E-state index in [4.69, 9.17) is 11.6 Å². The van der Waals surface area contributed by atoms with Gasteiger partial charge in [0.05, 0.1) is 22.6 Å². The van der Waals surface area contributed by atoms with Crippen LogP contribution in [0.3, 0.4) is 0 Å². The van der Waals surface area contributed by atoms with E-state index >= 15 is 0 Å². The fourth-order valence-corrected chi connectivity index (χ4v) is 8.63. The molecule has 58 heavy (non-hydrogen) atoms. The minimum Gasteiger partial charge on any atom is -0.256 e. The Morgan fingerprint density at radius 1 is 0.483 bits per heavy atom. The largest absolute Gasteiger partial charge is 0.256 e. The van der Waals surface area contributed by atoms with Crippen LogP contribution in [0.2, 0.25) is 0 Å². The first kappa shape index (κ1) is 35.1. The topological polar surface area (TPSA) is 38.7 Å². The lowest BCUT2D eigenvalue weighted by Gasteiger charge is -2.24. The summed E-state index contributed by atoms with van der Waals surface area (Å²) < 4.78 is 28.8. The number of pyridine rings is 3. The molecule has 0 N–H and O–H groups in total. The van der Waals surface area contributed by atoms with Gasteiger partial charge in [0.1, 0.15) is 11.6 Å². The Morgan fingerprint density at radius 2 is 1.05 bits per heavy atom. The lowest BCUT2D eigenvalue weighted by atomic mass is 9.80. The summed E-state index contributed by atoms with van der Waals surface area (Å²) in [6, 6.07) is 46.5. The number of aryl methyl sites for hydroxylation is 2. The molecule has 9 aromatic rings. The minimum atomic E-state index is -0.300. The highest BCUT2D eigenvalue weighted by molar-refractivity contribution is 6.19. The average molecular weight is 752 g/mol. The van der Waals surface area contributed by atoms with Gasteiger partial charge in [0.15, 0.2) is 0 Å². The predicted octanol–water partition coefficient (Wildman–Crippen LogP) is 13.9. The molecule has 0 unspecified atom stereocenters. The Bertz CT molecular complexity index is 3080. The van der Waals surface area contributed by atoms with Gasteiger partial charge in [-0.1, -0.05) is 61.2 Å². The number of para-hydroxylation sites is 1. The van der Waals surface area contributed by atoms with Gasteiger partial charge < -0.3 is 0 Å². The van der Waals surface area contributed by atoms with Gasteiger partial charge in [-0.2, -0.15) is 0 Å². The van der Waals surface area contributed by atoms with Gasteiger partial charge in [-0.3, -0.25) is 9.97 Å². The maximum Gasteiger partial charge on any atom is 0.123 e.